The molecule has 3 rings (SSSR count). The standard InChI is InChI=1S/C19H34N2O4/c22-17(16-4-2-1-3-5-16)20-14-18(23)6-10-21(11-7-18)15-19(24)8-12-25-13-9-19/h16,23-24H,1-15H2,(H,20,22). The van der Waals surface area contributed by atoms with Gasteiger partial charge in [-0.05, 0) is 25.7 Å². The second-order valence-corrected chi connectivity index (χ2v) is 8.39. The van der Waals surface area contributed by atoms with Gasteiger partial charge in [-0.15, -0.1) is 0 Å². The molecule has 6 heteroatoms. The summed E-state index contributed by atoms with van der Waals surface area (Å²) in [5.74, 6) is 0.257. The molecule has 3 N–H and O–H groups in total. The highest BCUT2D eigenvalue weighted by atomic mass is 16.5. The van der Waals surface area contributed by atoms with E-state index in [2.05, 4.69) is 10.2 Å². The third-order valence-electron chi connectivity index (χ3n) is 6.30. The number of β-amino-alcohol motifs (C(OH)–C–C–N with tert-alkyl or cyclic N) is 1. The molecular weight excluding hydrogens is 320 g/mol. The fourth-order valence-electron chi connectivity index (χ4n) is 4.39. The number of hydrogen-bond donors (Lipinski definition) is 3. The molecule has 0 unspecified atom stereocenters. The molecule has 0 spiro atoms. The quantitative estimate of drug-likeness (QED) is 0.688. The Balaban J connectivity index is 1.40. The highest BCUT2D eigenvalue weighted by Crippen LogP contribution is 2.27. The van der Waals surface area contributed by atoms with Crippen LogP contribution in [0.1, 0.15) is 57.8 Å². The van der Waals surface area contributed by atoms with E-state index >= 15 is 0 Å². The minimum atomic E-state index is -0.806. The third kappa shape index (κ3) is 5.39. The van der Waals surface area contributed by atoms with Gasteiger partial charge < -0.3 is 25.2 Å². The number of hydrogen-bond acceptors (Lipinski definition) is 5. The second kappa shape index (κ2) is 8.33. The van der Waals surface area contributed by atoms with Crippen molar-refractivity contribution in [3.05, 3.63) is 0 Å². The van der Waals surface area contributed by atoms with E-state index in [0.717, 1.165) is 38.8 Å². The Morgan fingerprint density at radius 1 is 1.00 bits per heavy atom. The Morgan fingerprint density at radius 2 is 1.64 bits per heavy atom. The number of likely N-dealkylation sites (tertiary alicyclic amines) is 1. The summed E-state index contributed by atoms with van der Waals surface area (Å²) < 4.78 is 5.33. The van der Waals surface area contributed by atoms with E-state index < -0.39 is 11.2 Å². The lowest BCUT2D eigenvalue weighted by Crippen LogP contribution is -2.55. The van der Waals surface area contributed by atoms with E-state index in [-0.39, 0.29) is 11.8 Å². The lowest BCUT2D eigenvalue weighted by molar-refractivity contribution is -0.128. The van der Waals surface area contributed by atoms with Gasteiger partial charge in [0.05, 0.1) is 11.2 Å². The molecular formula is C19H34N2O4. The SMILES string of the molecule is O=C(NCC1(O)CCN(CC2(O)CCOCC2)CC1)C1CCCCC1. The van der Waals surface area contributed by atoms with Gasteiger partial charge in [-0.25, -0.2) is 0 Å². The zero-order chi connectivity index (χ0) is 17.8. The van der Waals surface area contributed by atoms with Gasteiger partial charge in [-0.1, -0.05) is 19.3 Å². The molecule has 25 heavy (non-hydrogen) atoms. The number of amides is 1. The van der Waals surface area contributed by atoms with Gasteiger partial charge >= 0.3 is 0 Å². The molecule has 6 nitrogen and oxygen atoms in total. The fraction of sp³-hybridized carbons (Fsp3) is 0.947. The van der Waals surface area contributed by atoms with Gasteiger partial charge in [0.25, 0.3) is 0 Å². The summed E-state index contributed by atoms with van der Waals surface area (Å²) in [6.07, 6.45) is 8.16. The topological polar surface area (TPSA) is 82.0 Å². The van der Waals surface area contributed by atoms with E-state index in [0.29, 0.717) is 52.0 Å². The zero-order valence-corrected chi connectivity index (χ0v) is 15.3. The highest BCUT2D eigenvalue weighted by molar-refractivity contribution is 5.78. The minimum Gasteiger partial charge on any atom is -0.388 e. The third-order valence-corrected chi connectivity index (χ3v) is 6.30. The van der Waals surface area contributed by atoms with E-state index in [1.165, 1.54) is 6.42 Å². The maximum atomic E-state index is 12.3. The molecule has 2 saturated heterocycles. The monoisotopic (exact) mass is 354 g/mol. The first-order valence-electron chi connectivity index (χ1n) is 10.0. The van der Waals surface area contributed by atoms with E-state index in [4.69, 9.17) is 4.74 Å². The average molecular weight is 354 g/mol. The number of ether oxygens (including phenoxy) is 1. The van der Waals surface area contributed by atoms with Crippen molar-refractivity contribution in [2.24, 2.45) is 5.92 Å². The van der Waals surface area contributed by atoms with Gasteiger partial charge in [0.2, 0.25) is 5.91 Å². The summed E-state index contributed by atoms with van der Waals surface area (Å²) in [7, 11) is 0. The summed E-state index contributed by atoms with van der Waals surface area (Å²) in [5, 5.41) is 24.4. The smallest absolute Gasteiger partial charge is 0.223 e. The van der Waals surface area contributed by atoms with Crippen molar-refractivity contribution in [1.82, 2.24) is 10.2 Å². The first kappa shape index (κ1) is 19.1. The number of aliphatic hydroxyl groups is 2. The van der Waals surface area contributed by atoms with Crippen LogP contribution in [0.5, 0.6) is 0 Å². The van der Waals surface area contributed by atoms with Crippen LogP contribution in [0.15, 0.2) is 0 Å². The molecule has 0 aromatic rings. The molecule has 2 aliphatic heterocycles. The molecule has 1 aliphatic carbocycles. The minimum absolute atomic E-state index is 0.118. The van der Waals surface area contributed by atoms with Gasteiger partial charge in [-0.2, -0.15) is 0 Å². The Labute approximate surface area is 150 Å². The molecule has 0 radical (unpaired) electrons. The van der Waals surface area contributed by atoms with Crippen LogP contribution in [0.25, 0.3) is 0 Å². The molecule has 0 aromatic heterocycles. The number of rotatable bonds is 5. The number of carbonyl (C=O) groups is 1. The van der Waals surface area contributed by atoms with Gasteiger partial charge in [0.15, 0.2) is 0 Å². The molecule has 0 atom stereocenters. The van der Waals surface area contributed by atoms with Crippen LogP contribution < -0.4 is 5.32 Å². The van der Waals surface area contributed by atoms with Crippen molar-refractivity contribution in [3.63, 3.8) is 0 Å². The zero-order valence-electron chi connectivity index (χ0n) is 15.3. The first-order valence-corrected chi connectivity index (χ1v) is 10.0. The van der Waals surface area contributed by atoms with Crippen LogP contribution in [0.3, 0.4) is 0 Å². The average Bonchev–Trinajstić information content (AvgIpc) is 2.63. The van der Waals surface area contributed by atoms with Crippen LogP contribution in [0, 0.1) is 5.92 Å². The summed E-state index contributed by atoms with van der Waals surface area (Å²) in [6.45, 7) is 3.79. The van der Waals surface area contributed by atoms with Crippen molar-refractivity contribution in [1.29, 1.82) is 0 Å². The van der Waals surface area contributed by atoms with Crippen LogP contribution >= 0.6 is 0 Å². The van der Waals surface area contributed by atoms with Crippen LogP contribution in [-0.2, 0) is 9.53 Å². The summed E-state index contributed by atoms with van der Waals surface area (Å²) >= 11 is 0. The van der Waals surface area contributed by atoms with Crippen LogP contribution in [-0.4, -0.2) is 71.6 Å². The van der Waals surface area contributed by atoms with Gasteiger partial charge in [-0.3, -0.25) is 4.79 Å². The summed E-state index contributed by atoms with van der Waals surface area (Å²) in [5.41, 5.74) is -1.46. The maximum absolute atomic E-state index is 12.3. The second-order valence-electron chi connectivity index (χ2n) is 8.39. The van der Waals surface area contributed by atoms with Crippen LogP contribution in [0.4, 0.5) is 0 Å². The molecule has 0 aromatic carbocycles. The predicted molar refractivity (Wildman–Crippen MR) is 95.2 cm³/mol. The Hall–Kier alpha value is -0.690. The predicted octanol–water partition coefficient (Wildman–Crippen LogP) is 1.05. The first-order chi connectivity index (χ1) is 12.0. The summed E-state index contributed by atoms with van der Waals surface area (Å²) in [6, 6.07) is 0. The van der Waals surface area contributed by atoms with Crippen molar-refractivity contribution in [3.8, 4) is 0 Å². The Morgan fingerprint density at radius 3 is 2.28 bits per heavy atom. The van der Waals surface area contributed by atoms with Gasteiger partial charge in [0, 0.05) is 58.2 Å². The van der Waals surface area contributed by atoms with Crippen molar-refractivity contribution in [2.45, 2.75) is 69.0 Å². The van der Waals surface area contributed by atoms with E-state index in [9.17, 15) is 15.0 Å². The maximum Gasteiger partial charge on any atom is 0.223 e. The summed E-state index contributed by atoms with van der Waals surface area (Å²) in [4.78, 5) is 14.5. The molecule has 144 valence electrons. The van der Waals surface area contributed by atoms with Crippen molar-refractivity contribution >= 4 is 5.91 Å². The van der Waals surface area contributed by atoms with Crippen molar-refractivity contribution < 1.29 is 19.7 Å². The lowest BCUT2D eigenvalue weighted by Gasteiger charge is -2.42. The normalized spacial score (nSPS) is 27.8. The number of nitrogens with zero attached hydrogens (tertiary/aromatic N) is 1. The van der Waals surface area contributed by atoms with Crippen LogP contribution in [0.2, 0.25) is 0 Å². The van der Waals surface area contributed by atoms with E-state index in [1.807, 2.05) is 0 Å². The molecule has 2 heterocycles. The fourth-order valence-corrected chi connectivity index (χ4v) is 4.39. The number of piperidine rings is 1. The molecule has 3 fully saturated rings. The Bertz CT molecular complexity index is 437. The number of nitrogens with one attached hydrogen (secondary N) is 1. The lowest BCUT2D eigenvalue weighted by atomic mass is 9.87. The molecule has 3 aliphatic rings. The Kier molecular flexibility index (Phi) is 6.36. The molecule has 0 bridgehead atoms. The van der Waals surface area contributed by atoms with Gasteiger partial charge in [0.1, 0.15) is 0 Å². The van der Waals surface area contributed by atoms with Crippen molar-refractivity contribution in [2.75, 3.05) is 39.4 Å². The number of carbonyl (C=O) groups excluding carboxylic acids is 1. The largest absolute Gasteiger partial charge is 0.388 e. The molecule has 1 saturated carbocycles. The highest BCUT2D eigenvalue weighted by Gasteiger charge is 2.37. The molecule has 1 amide bonds. The van der Waals surface area contributed by atoms with E-state index in [1.54, 1.807) is 0 Å².